The summed E-state index contributed by atoms with van der Waals surface area (Å²) in [5.41, 5.74) is -1.24. The summed E-state index contributed by atoms with van der Waals surface area (Å²) in [7, 11) is 1.39. The Morgan fingerprint density at radius 3 is 2.66 bits per heavy atom. The lowest BCUT2D eigenvalue weighted by molar-refractivity contribution is -0.139. The van der Waals surface area contributed by atoms with Crippen LogP contribution in [0.2, 0.25) is 0 Å². The van der Waals surface area contributed by atoms with Crippen molar-refractivity contribution in [1.29, 1.82) is 0 Å². The highest BCUT2D eigenvalue weighted by Crippen LogP contribution is 2.22. The van der Waals surface area contributed by atoms with E-state index in [-0.39, 0.29) is 29.6 Å². The summed E-state index contributed by atoms with van der Waals surface area (Å²) >= 11 is 0. The van der Waals surface area contributed by atoms with Crippen LogP contribution in [0.25, 0.3) is 10.9 Å². The van der Waals surface area contributed by atoms with Crippen molar-refractivity contribution >= 4 is 28.9 Å². The van der Waals surface area contributed by atoms with Crippen molar-refractivity contribution in [3.63, 3.8) is 0 Å². The summed E-state index contributed by atoms with van der Waals surface area (Å²) in [6.07, 6.45) is 3.16. The standard InChI is InChI=1S/C27H28F2N6O6/c1-35-13-18(24(37)32-12-20(25(38)39)34-27(40)41-14-15-6-3-2-4-7-15)23(36)16-10-19(28)17(21(29)22(16)35)11-33-26-30-8-5-9-31-26/h2-8,10,13,20,26,30-31,33H,9,11-12,14H2,1H3,(H,32,37)(H,34,40)(H,38,39). The van der Waals surface area contributed by atoms with Gasteiger partial charge in [-0.3, -0.25) is 20.2 Å². The fourth-order valence-corrected chi connectivity index (χ4v) is 4.15. The first-order valence-electron chi connectivity index (χ1n) is 12.5. The van der Waals surface area contributed by atoms with Gasteiger partial charge in [0, 0.05) is 38.4 Å². The van der Waals surface area contributed by atoms with E-state index in [2.05, 4.69) is 26.6 Å². The zero-order valence-corrected chi connectivity index (χ0v) is 21.9. The van der Waals surface area contributed by atoms with E-state index < -0.39 is 59.5 Å². The predicted octanol–water partition coefficient (Wildman–Crippen LogP) is 1.01. The van der Waals surface area contributed by atoms with Gasteiger partial charge >= 0.3 is 12.1 Å². The largest absolute Gasteiger partial charge is 0.480 e. The molecule has 0 saturated carbocycles. The first-order chi connectivity index (χ1) is 19.7. The number of hydrogen-bond acceptors (Lipinski definition) is 8. The normalized spacial score (nSPS) is 15.1. The summed E-state index contributed by atoms with van der Waals surface area (Å²) in [6, 6.07) is 7.98. The fourth-order valence-electron chi connectivity index (χ4n) is 4.15. The minimum Gasteiger partial charge on any atom is -0.480 e. The Morgan fingerprint density at radius 1 is 1.22 bits per heavy atom. The number of amides is 2. The predicted molar refractivity (Wildman–Crippen MR) is 144 cm³/mol. The zero-order chi connectivity index (χ0) is 29.5. The van der Waals surface area contributed by atoms with Gasteiger partial charge in [0.1, 0.15) is 30.3 Å². The highest BCUT2D eigenvalue weighted by atomic mass is 19.1. The van der Waals surface area contributed by atoms with E-state index >= 15 is 4.39 Å². The molecule has 1 aliphatic heterocycles. The molecule has 0 radical (unpaired) electrons. The molecule has 0 fully saturated rings. The minimum absolute atomic E-state index is 0.102. The molecule has 2 heterocycles. The molecule has 2 unspecified atom stereocenters. The van der Waals surface area contributed by atoms with Crippen LogP contribution in [0, 0.1) is 11.6 Å². The molecule has 2 aromatic carbocycles. The quantitative estimate of drug-likeness (QED) is 0.209. The SMILES string of the molecule is Cn1cc(C(=O)NCC(NC(=O)OCc2ccccc2)C(=O)O)c(=O)c2cc(F)c(CNC3NC=CCN3)c(F)c21. The smallest absolute Gasteiger partial charge is 0.408 e. The third-order valence-corrected chi connectivity index (χ3v) is 6.27. The number of alkyl carbamates (subject to hydrolysis) is 1. The molecule has 14 heteroatoms. The summed E-state index contributed by atoms with van der Waals surface area (Å²) in [5.74, 6) is -4.40. The first kappa shape index (κ1) is 29.2. The average molecular weight is 571 g/mol. The van der Waals surface area contributed by atoms with Crippen LogP contribution in [-0.4, -0.2) is 53.1 Å². The lowest BCUT2D eigenvalue weighted by atomic mass is 10.1. The van der Waals surface area contributed by atoms with Gasteiger partial charge in [-0.15, -0.1) is 0 Å². The number of carbonyl (C=O) groups is 3. The molecular formula is C27H28F2N6O6. The molecule has 4 rings (SSSR count). The van der Waals surface area contributed by atoms with Crippen molar-refractivity contribution < 1.29 is 33.0 Å². The molecule has 1 aromatic heterocycles. The van der Waals surface area contributed by atoms with Crippen molar-refractivity contribution in [3.8, 4) is 0 Å². The van der Waals surface area contributed by atoms with Gasteiger partial charge in [-0.25, -0.2) is 18.4 Å². The number of rotatable bonds is 10. The first-order valence-corrected chi connectivity index (χ1v) is 12.5. The van der Waals surface area contributed by atoms with Gasteiger partial charge < -0.3 is 30.4 Å². The third-order valence-electron chi connectivity index (χ3n) is 6.27. The number of aromatic nitrogens is 1. The minimum atomic E-state index is -1.58. The van der Waals surface area contributed by atoms with Gasteiger partial charge in [0.25, 0.3) is 5.91 Å². The van der Waals surface area contributed by atoms with E-state index in [1.165, 1.54) is 11.6 Å². The van der Waals surface area contributed by atoms with Crippen LogP contribution in [0.1, 0.15) is 21.5 Å². The number of fused-ring (bicyclic) bond motifs is 1. The fraction of sp³-hybridized carbons (Fsp3) is 0.259. The lowest BCUT2D eigenvalue weighted by Crippen LogP contribution is -2.52. The van der Waals surface area contributed by atoms with Crippen molar-refractivity contribution in [2.45, 2.75) is 25.5 Å². The van der Waals surface area contributed by atoms with E-state index in [0.717, 1.165) is 12.3 Å². The molecule has 2 amide bonds. The van der Waals surface area contributed by atoms with Crippen LogP contribution in [0.4, 0.5) is 13.6 Å². The number of halogens is 2. The van der Waals surface area contributed by atoms with Crippen LogP contribution in [0.15, 0.2) is 59.7 Å². The van der Waals surface area contributed by atoms with Gasteiger partial charge in [-0.2, -0.15) is 0 Å². The second-order valence-corrected chi connectivity index (χ2v) is 9.13. The maximum Gasteiger partial charge on any atom is 0.408 e. The molecule has 41 heavy (non-hydrogen) atoms. The Bertz CT molecular complexity index is 1550. The number of carbonyl (C=O) groups excluding carboxylic acids is 2. The lowest BCUT2D eigenvalue weighted by Gasteiger charge is -2.23. The number of benzene rings is 2. The number of carboxylic acid groups (broad SMARTS) is 1. The number of nitrogens with one attached hydrogen (secondary N) is 5. The molecule has 3 aromatic rings. The van der Waals surface area contributed by atoms with Crippen LogP contribution in [0.3, 0.4) is 0 Å². The second kappa shape index (κ2) is 13.0. The topological polar surface area (TPSA) is 163 Å². The molecule has 2 atom stereocenters. The van der Waals surface area contributed by atoms with E-state index in [1.807, 2.05) is 6.08 Å². The monoisotopic (exact) mass is 570 g/mol. The Labute approximate surface area is 232 Å². The number of carboxylic acids is 1. The maximum atomic E-state index is 15.4. The van der Waals surface area contributed by atoms with E-state index in [9.17, 15) is 28.7 Å². The van der Waals surface area contributed by atoms with Crippen LogP contribution in [0.5, 0.6) is 0 Å². The molecule has 0 spiro atoms. The Kier molecular flexibility index (Phi) is 9.26. The molecule has 216 valence electrons. The van der Waals surface area contributed by atoms with Gasteiger partial charge in [0.05, 0.1) is 10.9 Å². The van der Waals surface area contributed by atoms with E-state index in [1.54, 1.807) is 36.5 Å². The van der Waals surface area contributed by atoms with E-state index in [0.29, 0.717) is 12.1 Å². The van der Waals surface area contributed by atoms with Crippen molar-refractivity contribution in [3.05, 3.63) is 93.4 Å². The molecular weight excluding hydrogens is 542 g/mol. The third kappa shape index (κ3) is 7.04. The van der Waals surface area contributed by atoms with Crippen molar-refractivity contribution in [2.24, 2.45) is 7.05 Å². The van der Waals surface area contributed by atoms with Gasteiger partial charge in [-0.05, 0) is 17.8 Å². The zero-order valence-electron chi connectivity index (χ0n) is 21.9. The molecule has 6 N–H and O–H groups in total. The van der Waals surface area contributed by atoms with Crippen LogP contribution in [-0.2, 0) is 29.7 Å². The summed E-state index contributed by atoms with van der Waals surface area (Å²) in [4.78, 5) is 49.6. The summed E-state index contributed by atoms with van der Waals surface area (Å²) in [6.45, 7) is -0.329. The number of aliphatic carboxylic acids is 1. The van der Waals surface area contributed by atoms with Crippen LogP contribution >= 0.6 is 0 Å². The highest BCUT2D eigenvalue weighted by Gasteiger charge is 2.25. The highest BCUT2D eigenvalue weighted by molar-refractivity contribution is 5.97. The Hall–Kier alpha value is -4.82. The number of aryl methyl sites for hydroxylation is 1. The second-order valence-electron chi connectivity index (χ2n) is 9.13. The number of nitrogens with zero attached hydrogens (tertiary/aromatic N) is 1. The average Bonchev–Trinajstić information content (AvgIpc) is 2.96. The van der Waals surface area contributed by atoms with Crippen molar-refractivity contribution in [2.75, 3.05) is 13.1 Å². The number of pyridine rings is 1. The van der Waals surface area contributed by atoms with Crippen molar-refractivity contribution in [1.82, 2.24) is 31.2 Å². The van der Waals surface area contributed by atoms with Gasteiger partial charge in [-0.1, -0.05) is 36.4 Å². The molecule has 0 saturated heterocycles. The molecule has 0 bridgehead atoms. The maximum absolute atomic E-state index is 15.4. The van der Waals surface area contributed by atoms with E-state index in [4.69, 9.17) is 4.74 Å². The molecule has 12 nitrogen and oxygen atoms in total. The molecule has 0 aliphatic carbocycles. The van der Waals surface area contributed by atoms with Crippen LogP contribution < -0.4 is 32.0 Å². The Morgan fingerprint density at radius 2 is 1.98 bits per heavy atom. The Balaban J connectivity index is 1.45. The van der Waals surface area contributed by atoms with Gasteiger partial charge in [0.15, 0.2) is 5.82 Å². The summed E-state index contributed by atoms with van der Waals surface area (Å²) in [5, 5.41) is 22.4. The summed E-state index contributed by atoms with van der Waals surface area (Å²) < 4.78 is 36.5. The number of hydrogen-bond donors (Lipinski definition) is 6. The number of ether oxygens (including phenoxy) is 1. The molecule has 1 aliphatic rings. The van der Waals surface area contributed by atoms with Gasteiger partial charge in [0.2, 0.25) is 5.43 Å².